The lowest BCUT2D eigenvalue weighted by Crippen LogP contribution is -2.03. The van der Waals surface area contributed by atoms with Crippen LogP contribution in [0, 0.1) is 0 Å². The van der Waals surface area contributed by atoms with Crippen LogP contribution in [0.4, 0.5) is 10.2 Å². The fourth-order valence-corrected chi connectivity index (χ4v) is 1.99. The fourth-order valence-electron chi connectivity index (χ4n) is 1.99. The molecule has 0 aliphatic rings. The minimum Gasteiger partial charge on any atom is -0.493 e. The van der Waals surface area contributed by atoms with Crippen molar-refractivity contribution in [3.05, 3.63) is 30.4 Å². The highest BCUT2D eigenvalue weighted by atomic mass is 19.3. The first kappa shape index (κ1) is 17.8. The summed E-state index contributed by atoms with van der Waals surface area (Å²) >= 11 is 0. The first-order valence-corrected chi connectivity index (χ1v) is 7.13. The monoisotopic (exact) mass is 311 g/mol. The van der Waals surface area contributed by atoms with Gasteiger partial charge >= 0.3 is 5.97 Å². The number of methoxy groups -OCH3 is 1. The van der Waals surface area contributed by atoms with Crippen LogP contribution in [0.1, 0.15) is 31.2 Å². The van der Waals surface area contributed by atoms with E-state index in [2.05, 4.69) is 11.5 Å². The van der Waals surface area contributed by atoms with Gasteiger partial charge in [0.25, 0.3) is 0 Å². The number of ether oxygens (including phenoxy) is 2. The van der Waals surface area contributed by atoms with Crippen LogP contribution in [-0.2, 0) is 16.2 Å². The lowest BCUT2D eigenvalue weighted by Gasteiger charge is -2.13. The second kappa shape index (κ2) is 9.65. The number of allylic oxidation sites excluding steroid dienone is 1. The first-order valence-electron chi connectivity index (χ1n) is 7.13. The number of carbonyl (C=O) groups is 1. The van der Waals surface area contributed by atoms with E-state index < -0.39 is 5.97 Å². The largest absolute Gasteiger partial charge is 0.493 e. The zero-order chi connectivity index (χ0) is 16.4. The van der Waals surface area contributed by atoms with Gasteiger partial charge in [-0.25, -0.2) is 4.79 Å². The van der Waals surface area contributed by atoms with Crippen molar-refractivity contribution in [2.45, 2.75) is 32.1 Å². The summed E-state index contributed by atoms with van der Waals surface area (Å²) in [6.07, 6.45) is 4.53. The number of nitrogens with two attached hydrogens (primary N) is 1. The quantitative estimate of drug-likeness (QED) is 0.407. The van der Waals surface area contributed by atoms with Crippen LogP contribution in [0.15, 0.2) is 24.8 Å². The maximum Gasteiger partial charge on any atom is 0.348 e. The van der Waals surface area contributed by atoms with Gasteiger partial charge in [-0.2, -0.15) is 0 Å². The molecule has 22 heavy (non-hydrogen) atoms. The molecule has 0 spiro atoms. The average molecular weight is 311 g/mol. The number of carbonyl (C=O) groups excluding carboxylic acids is 1. The number of hydrogen-bond acceptors (Lipinski definition) is 5. The van der Waals surface area contributed by atoms with E-state index in [1.807, 2.05) is 6.07 Å². The number of hydrogen-bond donors (Lipinski definition) is 1. The molecule has 2 N–H and O–H groups in total. The molecule has 5 nitrogen and oxygen atoms in total. The maximum absolute atomic E-state index is 11.5. The molecule has 1 rings (SSSR count). The van der Waals surface area contributed by atoms with E-state index in [-0.39, 0.29) is 6.42 Å². The third-order valence-corrected chi connectivity index (χ3v) is 3.16. The molecule has 1 aromatic carbocycles. The molecule has 0 aromatic heterocycles. The average Bonchev–Trinajstić information content (AvgIpc) is 2.52. The topological polar surface area (TPSA) is 70.8 Å². The second-order valence-electron chi connectivity index (χ2n) is 4.80. The van der Waals surface area contributed by atoms with Crippen LogP contribution in [0.5, 0.6) is 11.5 Å². The van der Waals surface area contributed by atoms with Crippen LogP contribution in [-0.4, -0.2) is 19.7 Å². The van der Waals surface area contributed by atoms with Gasteiger partial charge < -0.3 is 15.2 Å². The molecule has 0 heterocycles. The highest BCUT2D eigenvalue weighted by molar-refractivity contribution is 5.68. The molecule has 0 fully saturated rings. The van der Waals surface area contributed by atoms with Gasteiger partial charge in [-0.1, -0.05) is 6.08 Å². The Labute approximate surface area is 129 Å². The van der Waals surface area contributed by atoms with E-state index >= 15 is 0 Å². The summed E-state index contributed by atoms with van der Waals surface area (Å²) < 4.78 is 22.4. The maximum atomic E-state index is 11.5. The van der Waals surface area contributed by atoms with E-state index in [1.165, 1.54) is 0 Å². The molecule has 0 amide bonds. The Kier molecular flexibility index (Phi) is 7.81. The highest BCUT2D eigenvalue weighted by Gasteiger charge is 2.09. The molecule has 6 heteroatoms. The Balaban J connectivity index is 2.46. The normalized spacial score (nSPS) is 10.1. The summed E-state index contributed by atoms with van der Waals surface area (Å²) in [5.74, 6) is 0.358. The second-order valence-corrected chi connectivity index (χ2v) is 4.80. The van der Waals surface area contributed by atoms with Gasteiger partial charge in [0.15, 0.2) is 11.5 Å². The van der Waals surface area contributed by atoms with Gasteiger partial charge in [0, 0.05) is 22.7 Å². The van der Waals surface area contributed by atoms with Gasteiger partial charge in [-0.15, -0.1) is 6.58 Å². The smallest absolute Gasteiger partial charge is 0.348 e. The van der Waals surface area contributed by atoms with E-state index in [1.54, 1.807) is 19.3 Å². The summed E-state index contributed by atoms with van der Waals surface area (Å²) in [6, 6.07) is 3.57. The Morgan fingerprint density at radius 2 is 2.09 bits per heavy atom. The first-order chi connectivity index (χ1) is 10.6. The van der Waals surface area contributed by atoms with Crippen molar-refractivity contribution < 1.29 is 23.7 Å². The van der Waals surface area contributed by atoms with Crippen molar-refractivity contribution in [1.29, 1.82) is 0 Å². The van der Waals surface area contributed by atoms with Crippen LogP contribution < -0.4 is 15.2 Å². The molecule has 0 aliphatic carbocycles. The van der Waals surface area contributed by atoms with Gasteiger partial charge in [-0.05, 0) is 37.3 Å². The fraction of sp³-hybridized carbons (Fsp3) is 0.438. The van der Waals surface area contributed by atoms with Crippen LogP contribution in [0.25, 0.3) is 0 Å². The molecule has 0 unspecified atom stereocenters. The van der Waals surface area contributed by atoms with E-state index in [0.717, 1.165) is 18.4 Å². The van der Waals surface area contributed by atoms with E-state index in [0.29, 0.717) is 36.6 Å². The Morgan fingerprint density at radius 3 is 2.73 bits per heavy atom. The molecule has 1 aromatic rings. The summed E-state index contributed by atoms with van der Waals surface area (Å²) in [7, 11) is 1.57. The summed E-state index contributed by atoms with van der Waals surface area (Å²) in [5.41, 5.74) is 7.52. The predicted octanol–water partition coefficient (Wildman–Crippen LogP) is 3.37. The van der Waals surface area contributed by atoms with Crippen LogP contribution in [0.3, 0.4) is 0 Å². The molecule has 0 radical (unpaired) electrons. The van der Waals surface area contributed by atoms with Crippen LogP contribution >= 0.6 is 0 Å². The number of unbranched alkanes of at least 4 members (excludes halogenated alkanes) is 2. The lowest BCUT2D eigenvalue weighted by atomic mass is 10.1. The SMILES string of the molecule is C=CCc1cc(OC)c(OCCCCCC(=O)OF)cc1N. The van der Waals surface area contributed by atoms with Gasteiger partial charge in [0.2, 0.25) is 0 Å². The number of rotatable bonds is 10. The van der Waals surface area contributed by atoms with Crippen molar-refractivity contribution >= 4 is 11.7 Å². The zero-order valence-electron chi connectivity index (χ0n) is 12.8. The molecule has 0 atom stereocenters. The van der Waals surface area contributed by atoms with Crippen molar-refractivity contribution in [2.75, 3.05) is 19.5 Å². The number of halogens is 1. The standard InChI is InChI=1S/C16H22FNO4/c1-3-7-12-10-14(20-2)15(11-13(12)18)21-9-6-4-5-8-16(19)22-17/h3,10-11H,1,4-9,18H2,2H3. The minimum atomic E-state index is -0.840. The van der Waals surface area contributed by atoms with Gasteiger partial charge in [0.05, 0.1) is 13.7 Å². The highest BCUT2D eigenvalue weighted by Crippen LogP contribution is 2.32. The molecule has 122 valence electrons. The van der Waals surface area contributed by atoms with E-state index in [4.69, 9.17) is 15.2 Å². The van der Waals surface area contributed by atoms with E-state index in [9.17, 15) is 9.32 Å². The third kappa shape index (κ3) is 5.63. The van der Waals surface area contributed by atoms with Crippen molar-refractivity contribution in [3.63, 3.8) is 0 Å². The van der Waals surface area contributed by atoms with Crippen LogP contribution in [0.2, 0.25) is 0 Å². The molecular formula is C16H22FNO4. The predicted molar refractivity (Wildman–Crippen MR) is 82.5 cm³/mol. The third-order valence-electron chi connectivity index (χ3n) is 3.16. The number of anilines is 1. The molecule has 0 saturated carbocycles. The van der Waals surface area contributed by atoms with Crippen molar-refractivity contribution in [3.8, 4) is 11.5 Å². The summed E-state index contributed by atoms with van der Waals surface area (Å²) in [5, 5.41) is 0. The summed E-state index contributed by atoms with van der Waals surface area (Å²) in [6.45, 7) is 4.15. The van der Waals surface area contributed by atoms with Gasteiger partial charge in [-0.3, -0.25) is 4.94 Å². The van der Waals surface area contributed by atoms with Crippen molar-refractivity contribution in [1.82, 2.24) is 0 Å². The Bertz CT molecular complexity index is 505. The zero-order valence-corrected chi connectivity index (χ0v) is 12.8. The van der Waals surface area contributed by atoms with Gasteiger partial charge in [0.1, 0.15) is 0 Å². The molecule has 0 saturated heterocycles. The summed E-state index contributed by atoms with van der Waals surface area (Å²) in [4.78, 5) is 13.7. The Morgan fingerprint density at radius 1 is 1.32 bits per heavy atom. The van der Waals surface area contributed by atoms with Crippen molar-refractivity contribution in [2.24, 2.45) is 0 Å². The molecular weight excluding hydrogens is 289 g/mol. The molecule has 0 aliphatic heterocycles. The molecule has 0 bridgehead atoms. The Hall–Kier alpha value is -2.24. The minimum absolute atomic E-state index is 0.0724. The number of nitrogen functional groups attached to an aromatic ring is 1. The lowest BCUT2D eigenvalue weighted by molar-refractivity contribution is -0.183. The number of benzene rings is 1.